The molecule has 0 amide bonds. The summed E-state index contributed by atoms with van der Waals surface area (Å²) in [6.07, 6.45) is 8.36. The molecule has 1 aliphatic heterocycles. The van der Waals surface area contributed by atoms with Gasteiger partial charge in [0.2, 0.25) is 0 Å². The van der Waals surface area contributed by atoms with Gasteiger partial charge in [-0.25, -0.2) is 0 Å². The molecule has 0 saturated carbocycles. The first-order chi connectivity index (χ1) is 4.27. The maximum Gasteiger partial charge on any atom is 0.106 e. The van der Waals surface area contributed by atoms with E-state index in [4.69, 9.17) is 0 Å². The maximum absolute atomic E-state index is 11.2. The zero-order valence-electron chi connectivity index (χ0n) is 5.16. The summed E-state index contributed by atoms with van der Waals surface area (Å²) in [5, 5.41) is 11.2. The van der Waals surface area contributed by atoms with Gasteiger partial charge in [0.15, 0.2) is 0 Å². The summed E-state index contributed by atoms with van der Waals surface area (Å²) in [5.41, 5.74) is 0. The number of nitrogens with zero attached hydrogens (tertiary/aromatic N) is 1. The molecule has 2 nitrogen and oxygen atoms in total. The SMILES string of the molecule is C=C[N+]1([O-])C=CC=CC1. The average molecular weight is 123 g/mol. The predicted octanol–water partition coefficient (Wildman–Crippen LogP) is 1.53. The van der Waals surface area contributed by atoms with Gasteiger partial charge in [-0.05, 0) is 18.7 Å². The van der Waals surface area contributed by atoms with Crippen LogP contribution < -0.4 is 0 Å². The van der Waals surface area contributed by atoms with Crippen LogP contribution >= 0.6 is 0 Å². The normalized spacial score (nSPS) is 32.6. The molecule has 2 heteroatoms. The van der Waals surface area contributed by atoms with Gasteiger partial charge < -0.3 is 9.85 Å². The Morgan fingerprint density at radius 1 is 1.56 bits per heavy atom. The van der Waals surface area contributed by atoms with Crippen LogP contribution in [0, 0.1) is 5.21 Å². The molecule has 1 unspecified atom stereocenters. The Labute approximate surface area is 54.6 Å². The van der Waals surface area contributed by atoms with Gasteiger partial charge in [-0.1, -0.05) is 6.08 Å². The van der Waals surface area contributed by atoms with Gasteiger partial charge in [0, 0.05) is 0 Å². The van der Waals surface area contributed by atoms with Gasteiger partial charge in [0.05, 0.1) is 6.20 Å². The lowest BCUT2D eigenvalue weighted by molar-refractivity contribution is -0.767. The highest BCUT2D eigenvalue weighted by atomic mass is 16.5. The second-order valence-corrected chi connectivity index (χ2v) is 1.99. The lowest BCUT2D eigenvalue weighted by Gasteiger charge is -2.34. The van der Waals surface area contributed by atoms with E-state index in [-0.39, 0.29) is 0 Å². The standard InChI is InChI=1S/C7H9NO/c1-2-8(9)6-4-3-5-7-8/h2-6H,1,7H2. The molecule has 0 aliphatic carbocycles. The minimum atomic E-state index is -0.434. The molecule has 0 fully saturated rings. The van der Waals surface area contributed by atoms with E-state index in [9.17, 15) is 5.21 Å². The molecular weight excluding hydrogens is 114 g/mol. The fraction of sp³-hybridized carbons (Fsp3) is 0.143. The third-order valence-corrected chi connectivity index (χ3v) is 1.29. The maximum atomic E-state index is 11.2. The van der Waals surface area contributed by atoms with Gasteiger partial charge in [-0.2, -0.15) is 0 Å². The van der Waals surface area contributed by atoms with Crippen LogP contribution in [-0.2, 0) is 0 Å². The van der Waals surface area contributed by atoms with Crippen LogP contribution in [0.2, 0.25) is 0 Å². The highest BCUT2D eigenvalue weighted by Crippen LogP contribution is 2.09. The molecule has 0 aromatic heterocycles. The Bertz CT molecular complexity index is 172. The molecule has 0 aromatic rings. The third kappa shape index (κ3) is 1.28. The van der Waals surface area contributed by atoms with Crippen LogP contribution in [0.3, 0.4) is 0 Å². The van der Waals surface area contributed by atoms with Crippen molar-refractivity contribution in [3.05, 3.63) is 42.4 Å². The Balaban J connectivity index is 2.73. The smallest absolute Gasteiger partial charge is 0.106 e. The van der Waals surface area contributed by atoms with Crippen LogP contribution in [0.1, 0.15) is 0 Å². The molecule has 0 N–H and O–H groups in total. The highest BCUT2D eigenvalue weighted by Gasteiger charge is 2.06. The quantitative estimate of drug-likeness (QED) is 0.383. The first-order valence-corrected chi connectivity index (χ1v) is 2.83. The number of allylic oxidation sites excluding steroid dienone is 2. The Morgan fingerprint density at radius 2 is 2.33 bits per heavy atom. The Hall–Kier alpha value is -0.860. The fourth-order valence-electron chi connectivity index (χ4n) is 0.696. The summed E-state index contributed by atoms with van der Waals surface area (Å²) in [6, 6.07) is 0. The van der Waals surface area contributed by atoms with Crippen molar-refractivity contribution in [2.75, 3.05) is 6.54 Å². The van der Waals surface area contributed by atoms with E-state index >= 15 is 0 Å². The number of hydrogen-bond donors (Lipinski definition) is 0. The minimum absolute atomic E-state index is 0.434. The molecule has 48 valence electrons. The van der Waals surface area contributed by atoms with Crippen molar-refractivity contribution in [3.63, 3.8) is 0 Å². The third-order valence-electron chi connectivity index (χ3n) is 1.29. The Morgan fingerprint density at radius 3 is 2.67 bits per heavy atom. The number of hydrogen-bond acceptors (Lipinski definition) is 1. The molecule has 0 spiro atoms. The zero-order chi connectivity index (χ0) is 6.74. The first kappa shape index (κ1) is 6.26. The molecule has 1 atom stereocenters. The topological polar surface area (TPSA) is 23.1 Å². The monoisotopic (exact) mass is 123 g/mol. The first-order valence-electron chi connectivity index (χ1n) is 2.83. The van der Waals surface area contributed by atoms with E-state index in [2.05, 4.69) is 6.58 Å². The van der Waals surface area contributed by atoms with E-state index in [1.165, 1.54) is 6.20 Å². The average Bonchev–Trinajstić information content (AvgIpc) is 1.90. The summed E-state index contributed by atoms with van der Waals surface area (Å²) >= 11 is 0. The van der Waals surface area contributed by atoms with E-state index in [0.717, 1.165) is 0 Å². The van der Waals surface area contributed by atoms with Crippen LogP contribution in [-0.4, -0.2) is 11.2 Å². The highest BCUT2D eigenvalue weighted by molar-refractivity contribution is 5.04. The van der Waals surface area contributed by atoms with Crippen molar-refractivity contribution >= 4 is 0 Å². The summed E-state index contributed by atoms with van der Waals surface area (Å²) in [5.74, 6) is 0. The molecule has 9 heavy (non-hydrogen) atoms. The molecule has 1 rings (SSSR count). The zero-order valence-corrected chi connectivity index (χ0v) is 5.16. The van der Waals surface area contributed by atoms with E-state index in [0.29, 0.717) is 6.54 Å². The van der Waals surface area contributed by atoms with E-state index in [1.54, 1.807) is 12.3 Å². The lowest BCUT2D eigenvalue weighted by atomic mass is 10.3. The number of quaternary nitrogens is 1. The summed E-state index contributed by atoms with van der Waals surface area (Å²) < 4.78 is -0.434. The summed E-state index contributed by atoms with van der Waals surface area (Å²) in [7, 11) is 0. The molecule has 0 aromatic carbocycles. The minimum Gasteiger partial charge on any atom is -0.622 e. The van der Waals surface area contributed by atoms with Crippen LogP contribution in [0.25, 0.3) is 0 Å². The van der Waals surface area contributed by atoms with Crippen LogP contribution in [0.4, 0.5) is 0 Å². The van der Waals surface area contributed by atoms with Crippen molar-refractivity contribution in [1.82, 2.24) is 0 Å². The van der Waals surface area contributed by atoms with Crippen molar-refractivity contribution in [1.29, 1.82) is 0 Å². The van der Waals surface area contributed by atoms with Gasteiger partial charge >= 0.3 is 0 Å². The van der Waals surface area contributed by atoms with Gasteiger partial charge in [-0.3, -0.25) is 0 Å². The number of hydroxylamine groups is 3. The second-order valence-electron chi connectivity index (χ2n) is 1.99. The van der Waals surface area contributed by atoms with E-state index in [1.807, 2.05) is 12.2 Å². The predicted molar refractivity (Wildman–Crippen MR) is 37.0 cm³/mol. The second kappa shape index (κ2) is 2.17. The molecule has 0 bridgehead atoms. The molecule has 0 saturated heterocycles. The van der Waals surface area contributed by atoms with Crippen molar-refractivity contribution in [2.24, 2.45) is 0 Å². The van der Waals surface area contributed by atoms with Crippen molar-refractivity contribution < 1.29 is 4.65 Å². The van der Waals surface area contributed by atoms with Gasteiger partial charge in [0.1, 0.15) is 12.7 Å². The molecule has 1 aliphatic rings. The molecule has 0 radical (unpaired) electrons. The fourth-order valence-corrected chi connectivity index (χ4v) is 0.696. The summed E-state index contributed by atoms with van der Waals surface area (Å²) in [6.45, 7) is 3.90. The Kier molecular flexibility index (Phi) is 1.51. The molecular formula is C7H9NO. The van der Waals surface area contributed by atoms with Crippen LogP contribution in [0.5, 0.6) is 0 Å². The van der Waals surface area contributed by atoms with Crippen molar-refractivity contribution in [2.45, 2.75) is 0 Å². The molecule has 1 heterocycles. The number of rotatable bonds is 1. The van der Waals surface area contributed by atoms with Crippen molar-refractivity contribution in [3.8, 4) is 0 Å². The van der Waals surface area contributed by atoms with Crippen LogP contribution in [0.15, 0.2) is 37.2 Å². The largest absolute Gasteiger partial charge is 0.622 e. The van der Waals surface area contributed by atoms with Gasteiger partial charge in [-0.15, -0.1) is 0 Å². The lowest BCUT2D eigenvalue weighted by Crippen LogP contribution is -2.30. The van der Waals surface area contributed by atoms with Gasteiger partial charge in [0.25, 0.3) is 0 Å². The summed E-state index contributed by atoms with van der Waals surface area (Å²) in [4.78, 5) is 0. The van der Waals surface area contributed by atoms with E-state index < -0.39 is 4.65 Å².